The van der Waals surface area contributed by atoms with Crippen LogP contribution >= 0.6 is 0 Å². The molecule has 1 aliphatic rings. The summed E-state index contributed by atoms with van der Waals surface area (Å²) in [5, 5.41) is 1.17. The van der Waals surface area contributed by atoms with Crippen LogP contribution in [0.2, 0.25) is 0 Å². The van der Waals surface area contributed by atoms with Gasteiger partial charge in [0.05, 0.1) is 38.6 Å². The number of aromatic nitrogens is 1. The van der Waals surface area contributed by atoms with Crippen LogP contribution in [0.15, 0.2) is 152 Å². The lowest BCUT2D eigenvalue weighted by Gasteiger charge is -2.46. The standard InChI is InChI=1S/C43H43NO5/c1-32-26-44(38-25-15-14-24-37(32)38)43-42(48-30-36-22-12-5-13-23-36)41(47-29-35-20-10-4-11-21-35)40(46-28-34-18-8-3-9-19-34)39(49-43)31-45-27-33-16-6-2-7-17-33/h2-26,39-43H,27-31H2,1H3/t39-,40-,41+,42-,43-/m1/s1. The van der Waals surface area contributed by atoms with Crippen molar-refractivity contribution in [2.75, 3.05) is 6.61 Å². The number of benzene rings is 5. The maximum atomic E-state index is 7.12. The number of hydrogen-bond donors (Lipinski definition) is 0. The van der Waals surface area contributed by atoms with Gasteiger partial charge in [-0.2, -0.15) is 0 Å². The van der Waals surface area contributed by atoms with Crippen LogP contribution in [0.25, 0.3) is 10.9 Å². The van der Waals surface area contributed by atoms with Gasteiger partial charge in [-0.15, -0.1) is 0 Å². The Morgan fingerprint density at radius 1 is 0.510 bits per heavy atom. The minimum Gasteiger partial charge on any atom is -0.374 e. The zero-order chi connectivity index (χ0) is 33.3. The molecule has 0 amide bonds. The molecule has 7 rings (SSSR count). The van der Waals surface area contributed by atoms with E-state index >= 15 is 0 Å². The van der Waals surface area contributed by atoms with Gasteiger partial charge in [-0.3, -0.25) is 0 Å². The van der Waals surface area contributed by atoms with Gasteiger partial charge in [-0.25, -0.2) is 0 Å². The Morgan fingerprint density at radius 3 is 1.51 bits per heavy atom. The molecule has 1 aromatic heterocycles. The number of aryl methyl sites for hydroxylation is 1. The Bertz CT molecular complexity index is 1860. The molecule has 0 aliphatic carbocycles. The predicted octanol–water partition coefficient (Wildman–Crippen LogP) is 8.82. The number of nitrogens with zero attached hydrogens (tertiary/aromatic N) is 1. The lowest BCUT2D eigenvalue weighted by Crippen LogP contribution is -2.59. The molecule has 6 nitrogen and oxygen atoms in total. The maximum Gasteiger partial charge on any atom is 0.163 e. The topological polar surface area (TPSA) is 51.1 Å². The van der Waals surface area contributed by atoms with E-state index in [4.69, 9.17) is 23.7 Å². The summed E-state index contributed by atoms with van der Waals surface area (Å²) in [6, 6.07) is 49.4. The Kier molecular flexibility index (Phi) is 10.9. The molecule has 5 aromatic carbocycles. The van der Waals surface area contributed by atoms with Crippen molar-refractivity contribution < 1.29 is 23.7 Å². The molecule has 1 aliphatic heterocycles. The molecule has 0 saturated carbocycles. The van der Waals surface area contributed by atoms with Crippen molar-refractivity contribution in [1.82, 2.24) is 4.57 Å². The Labute approximate surface area is 288 Å². The highest BCUT2D eigenvalue weighted by atomic mass is 16.6. The third-order valence-electron chi connectivity index (χ3n) is 9.07. The highest BCUT2D eigenvalue weighted by molar-refractivity contribution is 5.83. The van der Waals surface area contributed by atoms with E-state index in [0.717, 1.165) is 27.8 Å². The van der Waals surface area contributed by atoms with Gasteiger partial charge >= 0.3 is 0 Å². The minimum absolute atomic E-state index is 0.319. The van der Waals surface area contributed by atoms with Gasteiger partial charge in [-0.1, -0.05) is 140 Å². The molecule has 0 unspecified atom stereocenters. The summed E-state index contributed by atoms with van der Waals surface area (Å²) in [5.41, 5.74) is 6.57. The van der Waals surface area contributed by atoms with Gasteiger partial charge in [0.25, 0.3) is 0 Å². The molecule has 6 aromatic rings. The predicted molar refractivity (Wildman–Crippen MR) is 192 cm³/mol. The first-order valence-corrected chi connectivity index (χ1v) is 17.0. The van der Waals surface area contributed by atoms with Gasteiger partial charge < -0.3 is 28.3 Å². The van der Waals surface area contributed by atoms with E-state index in [1.807, 2.05) is 72.8 Å². The molecule has 0 bridgehead atoms. The van der Waals surface area contributed by atoms with E-state index in [2.05, 4.69) is 90.5 Å². The summed E-state index contributed by atoms with van der Waals surface area (Å²) in [6.45, 7) is 4.12. The zero-order valence-corrected chi connectivity index (χ0v) is 27.8. The lowest BCUT2D eigenvalue weighted by atomic mass is 9.96. The summed E-state index contributed by atoms with van der Waals surface area (Å²) < 4.78 is 36.4. The Morgan fingerprint density at radius 2 is 0.959 bits per heavy atom. The van der Waals surface area contributed by atoms with E-state index in [1.54, 1.807) is 0 Å². The quantitative estimate of drug-likeness (QED) is 0.118. The van der Waals surface area contributed by atoms with E-state index in [-0.39, 0.29) is 0 Å². The minimum atomic E-state index is -0.509. The van der Waals surface area contributed by atoms with Crippen LogP contribution in [0.4, 0.5) is 0 Å². The van der Waals surface area contributed by atoms with Gasteiger partial charge in [0.15, 0.2) is 6.23 Å². The van der Waals surface area contributed by atoms with Crippen molar-refractivity contribution in [3.05, 3.63) is 180 Å². The molecule has 6 heteroatoms. The van der Waals surface area contributed by atoms with Crippen LogP contribution in [-0.4, -0.2) is 35.6 Å². The van der Waals surface area contributed by atoms with E-state index < -0.39 is 30.6 Å². The van der Waals surface area contributed by atoms with Crippen LogP contribution in [0.5, 0.6) is 0 Å². The van der Waals surface area contributed by atoms with Crippen LogP contribution < -0.4 is 0 Å². The SMILES string of the molecule is Cc1cn([C@@H]2O[C@H](COCc3ccccc3)[C@@H](OCc3ccccc3)[C@H](OCc3ccccc3)[C@H]2OCc2ccccc2)c2ccccc12. The van der Waals surface area contributed by atoms with Crippen LogP contribution in [-0.2, 0) is 50.1 Å². The number of ether oxygens (including phenoxy) is 5. The molecular weight excluding hydrogens is 610 g/mol. The second-order valence-electron chi connectivity index (χ2n) is 12.6. The van der Waals surface area contributed by atoms with Crippen molar-refractivity contribution in [3.8, 4) is 0 Å². The fourth-order valence-electron chi connectivity index (χ4n) is 6.58. The van der Waals surface area contributed by atoms with Crippen molar-refractivity contribution in [2.45, 2.75) is 64.0 Å². The second-order valence-corrected chi connectivity index (χ2v) is 12.6. The average molecular weight is 654 g/mol. The molecule has 49 heavy (non-hydrogen) atoms. The van der Waals surface area contributed by atoms with Gasteiger partial charge in [-0.05, 0) is 40.8 Å². The van der Waals surface area contributed by atoms with E-state index in [9.17, 15) is 0 Å². The average Bonchev–Trinajstić information content (AvgIpc) is 3.50. The smallest absolute Gasteiger partial charge is 0.163 e. The molecule has 0 radical (unpaired) electrons. The molecular formula is C43H43NO5. The fourth-order valence-corrected chi connectivity index (χ4v) is 6.58. The van der Waals surface area contributed by atoms with Crippen LogP contribution in [0.1, 0.15) is 34.0 Å². The molecule has 0 spiro atoms. The third kappa shape index (κ3) is 8.19. The zero-order valence-electron chi connectivity index (χ0n) is 27.8. The number of fused-ring (bicyclic) bond motifs is 1. The monoisotopic (exact) mass is 653 g/mol. The van der Waals surface area contributed by atoms with Gasteiger partial charge in [0.2, 0.25) is 0 Å². The van der Waals surface area contributed by atoms with Gasteiger partial charge in [0.1, 0.15) is 24.4 Å². The number of para-hydroxylation sites is 1. The third-order valence-corrected chi connectivity index (χ3v) is 9.07. The summed E-state index contributed by atoms with van der Waals surface area (Å²) in [4.78, 5) is 0. The van der Waals surface area contributed by atoms with Crippen molar-refractivity contribution in [3.63, 3.8) is 0 Å². The maximum absolute atomic E-state index is 7.12. The van der Waals surface area contributed by atoms with Crippen molar-refractivity contribution in [1.29, 1.82) is 0 Å². The Balaban J connectivity index is 1.27. The summed E-state index contributed by atoms with van der Waals surface area (Å²) in [7, 11) is 0. The first-order valence-electron chi connectivity index (χ1n) is 17.0. The molecule has 0 N–H and O–H groups in total. The largest absolute Gasteiger partial charge is 0.374 e. The number of rotatable bonds is 14. The summed E-state index contributed by atoms with van der Waals surface area (Å²) in [6.07, 6.45) is -0.278. The van der Waals surface area contributed by atoms with E-state index in [0.29, 0.717) is 33.0 Å². The van der Waals surface area contributed by atoms with Crippen molar-refractivity contribution >= 4 is 10.9 Å². The second kappa shape index (κ2) is 16.2. The fraction of sp³-hybridized carbons (Fsp3) is 0.256. The first kappa shape index (κ1) is 33.0. The van der Waals surface area contributed by atoms with Crippen LogP contribution in [0, 0.1) is 6.92 Å². The summed E-state index contributed by atoms with van der Waals surface area (Å²) >= 11 is 0. The highest BCUT2D eigenvalue weighted by Crippen LogP contribution is 2.38. The lowest BCUT2D eigenvalue weighted by molar-refractivity contribution is -0.289. The molecule has 2 heterocycles. The summed E-state index contributed by atoms with van der Waals surface area (Å²) in [5.74, 6) is 0. The number of hydrogen-bond acceptors (Lipinski definition) is 5. The van der Waals surface area contributed by atoms with Crippen LogP contribution in [0.3, 0.4) is 0 Å². The molecule has 1 fully saturated rings. The molecule has 5 atom stereocenters. The van der Waals surface area contributed by atoms with Gasteiger partial charge in [0, 0.05) is 11.6 Å². The highest BCUT2D eigenvalue weighted by Gasteiger charge is 2.49. The van der Waals surface area contributed by atoms with E-state index in [1.165, 1.54) is 10.9 Å². The molecule has 1 saturated heterocycles. The molecule has 250 valence electrons. The van der Waals surface area contributed by atoms with Crippen molar-refractivity contribution in [2.24, 2.45) is 0 Å². The Hall–Kier alpha value is -4.56. The normalized spacial score (nSPS) is 20.8. The first-order chi connectivity index (χ1) is 24.2.